The van der Waals surface area contributed by atoms with Crippen molar-refractivity contribution in [3.8, 4) is 17.2 Å². The summed E-state index contributed by atoms with van der Waals surface area (Å²) in [5.41, 5.74) is 1.42. The summed E-state index contributed by atoms with van der Waals surface area (Å²) < 4.78 is 11.5. The van der Waals surface area contributed by atoms with Crippen LogP contribution in [0.4, 0.5) is 5.69 Å². The van der Waals surface area contributed by atoms with Gasteiger partial charge in [0.2, 0.25) is 5.91 Å². The van der Waals surface area contributed by atoms with Crippen molar-refractivity contribution in [2.45, 2.75) is 18.8 Å². The fourth-order valence-corrected chi connectivity index (χ4v) is 3.62. The number of carbonyl (C=O) groups excluding carboxylic acids is 2. The summed E-state index contributed by atoms with van der Waals surface area (Å²) in [4.78, 5) is 25.9. The lowest BCUT2D eigenvalue weighted by Gasteiger charge is -2.21. The highest BCUT2D eigenvalue weighted by Gasteiger charge is 2.27. The smallest absolute Gasteiger partial charge is 0.254 e. The van der Waals surface area contributed by atoms with Crippen LogP contribution in [0.2, 0.25) is 0 Å². The Hall–Kier alpha value is -4.66. The number of carbonyl (C=O) groups is 2. The molecule has 8 nitrogen and oxygen atoms in total. The zero-order chi connectivity index (χ0) is 26.7. The third-order valence-corrected chi connectivity index (χ3v) is 5.61. The number of phenols is 1. The number of aromatic hydroxyl groups is 1. The molecule has 38 heavy (non-hydrogen) atoms. The van der Waals surface area contributed by atoms with Crippen LogP contribution in [0.15, 0.2) is 109 Å². The number of hydrogen-bond acceptors (Lipinski definition) is 6. The number of para-hydroxylation sites is 2. The summed E-state index contributed by atoms with van der Waals surface area (Å²) >= 11 is 0. The first-order valence-corrected chi connectivity index (χ1v) is 12.0. The molecule has 4 rings (SSSR count). The van der Waals surface area contributed by atoms with Crippen LogP contribution in [-0.2, 0) is 20.9 Å². The van der Waals surface area contributed by atoms with Crippen molar-refractivity contribution in [3.63, 3.8) is 0 Å². The molecule has 0 aliphatic rings. The van der Waals surface area contributed by atoms with Crippen molar-refractivity contribution in [3.05, 3.63) is 120 Å². The van der Waals surface area contributed by atoms with E-state index in [1.54, 1.807) is 36.4 Å². The van der Waals surface area contributed by atoms with Gasteiger partial charge in [-0.25, -0.2) is 0 Å². The molecule has 4 N–H and O–H groups in total. The monoisotopic (exact) mass is 512 g/mol. The minimum atomic E-state index is -1.67. The third-order valence-electron chi connectivity index (χ3n) is 5.61. The van der Waals surface area contributed by atoms with Crippen LogP contribution in [0.1, 0.15) is 17.2 Å². The Morgan fingerprint density at radius 1 is 0.737 bits per heavy atom. The van der Waals surface area contributed by atoms with Crippen LogP contribution in [0.3, 0.4) is 0 Å². The largest absolute Gasteiger partial charge is 0.508 e. The molecule has 2 atom stereocenters. The van der Waals surface area contributed by atoms with Gasteiger partial charge < -0.3 is 30.3 Å². The third kappa shape index (κ3) is 7.42. The van der Waals surface area contributed by atoms with Gasteiger partial charge in [-0.3, -0.25) is 9.59 Å². The van der Waals surface area contributed by atoms with E-state index in [0.717, 1.165) is 5.56 Å². The van der Waals surface area contributed by atoms with Gasteiger partial charge in [0.05, 0.1) is 13.2 Å². The Labute approximate surface area is 220 Å². The second-order valence-corrected chi connectivity index (χ2v) is 8.45. The van der Waals surface area contributed by atoms with Gasteiger partial charge in [-0.2, -0.15) is 0 Å². The molecular formula is C30H28N2O6. The van der Waals surface area contributed by atoms with Gasteiger partial charge in [0.15, 0.2) is 6.10 Å². The van der Waals surface area contributed by atoms with Crippen molar-refractivity contribution in [2.75, 3.05) is 11.9 Å². The Morgan fingerprint density at radius 3 is 2.03 bits per heavy atom. The highest BCUT2D eigenvalue weighted by molar-refractivity contribution is 5.98. The van der Waals surface area contributed by atoms with E-state index in [-0.39, 0.29) is 24.5 Å². The topological polar surface area (TPSA) is 117 Å². The lowest BCUT2D eigenvalue weighted by Crippen LogP contribution is -2.48. The SMILES string of the molecule is O=C(Nc1ccc(Oc2ccccc2)cc1)C(COCc1ccccc1)NC(=O)C(O)c1ccccc1O. The number of amides is 2. The van der Waals surface area contributed by atoms with Gasteiger partial charge in [-0.05, 0) is 48.0 Å². The number of benzene rings is 4. The number of ether oxygens (including phenoxy) is 2. The van der Waals surface area contributed by atoms with Crippen molar-refractivity contribution < 1.29 is 29.3 Å². The van der Waals surface area contributed by atoms with Crippen LogP contribution >= 0.6 is 0 Å². The molecule has 0 saturated carbocycles. The minimum Gasteiger partial charge on any atom is -0.508 e. The molecule has 0 radical (unpaired) electrons. The van der Waals surface area contributed by atoms with Crippen molar-refractivity contribution in [1.82, 2.24) is 5.32 Å². The maximum atomic E-state index is 13.1. The van der Waals surface area contributed by atoms with Gasteiger partial charge in [-0.1, -0.05) is 66.7 Å². The van der Waals surface area contributed by atoms with E-state index in [4.69, 9.17) is 9.47 Å². The van der Waals surface area contributed by atoms with E-state index in [0.29, 0.717) is 17.2 Å². The van der Waals surface area contributed by atoms with Crippen molar-refractivity contribution in [2.24, 2.45) is 0 Å². The molecule has 0 aromatic heterocycles. The molecule has 4 aromatic carbocycles. The van der Waals surface area contributed by atoms with E-state index >= 15 is 0 Å². The standard InChI is InChI=1S/C30H28N2O6/c33-27-14-8-7-13-25(27)28(34)30(36)32-26(20-37-19-21-9-3-1-4-10-21)29(35)31-22-15-17-24(18-16-22)38-23-11-5-2-6-12-23/h1-18,26,28,33-34H,19-20H2,(H,31,35)(H,32,36). The maximum Gasteiger partial charge on any atom is 0.254 e. The molecule has 0 saturated heterocycles. The summed E-state index contributed by atoms with van der Waals surface area (Å²) in [7, 11) is 0. The summed E-state index contributed by atoms with van der Waals surface area (Å²) in [5, 5.41) is 25.8. The summed E-state index contributed by atoms with van der Waals surface area (Å²) in [6, 6.07) is 30.3. The van der Waals surface area contributed by atoms with Gasteiger partial charge in [0, 0.05) is 11.3 Å². The number of phenolic OH excluding ortho intramolecular Hbond substituents is 1. The number of aliphatic hydroxyl groups excluding tert-OH is 1. The van der Waals surface area contributed by atoms with E-state index < -0.39 is 24.0 Å². The molecule has 4 aromatic rings. The first kappa shape index (κ1) is 26.4. The molecule has 2 unspecified atom stereocenters. The molecule has 0 aliphatic carbocycles. The Balaban J connectivity index is 1.42. The fraction of sp³-hybridized carbons (Fsp3) is 0.133. The zero-order valence-electron chi connectivity index (χ0n) is 20.5. The lowest BCUT2D eigenvalue weighted by atomic mass is 10.1. The molecule has 2 amide bonds. The molecular weight excluding hydrogens is 484 g/mol. The van der Waals surface area contributed by atoms with Crippen LogP contribution in [0.25, 0.3) is 0 Å². The molecule has 0 bridgehead atoms. The quantitative estimate of drug-likeness (QED) is 0.234. The van der Waals surface area contributed by atoms with Gasteiger partial charge in [0.1, 0.15) is 23.3 Å². The molecule has 0 aliphatic heterocycles. The average Bonchev–Trinajstić information content (AvgIpc) is 2.94. The molecule has 0 spiro atoms. The number of nitrogens with one attached hydrogen (secondary N) is 2. The highest BCUT2D eigenvalue weighted by Crippen LogP contribution is 2.24. The molecule has 8 heteroatoms. The van der Waals surface area contributed by atoms with Crippen molar-refractivity contribution >= 4 is 17.5 Å². The Kier molecular flexibility index (Phi) is 9.07. The fourth-order valence-electron chi connectivity index (χ4n) is 3.62. The molecule has 0 fully saturated rings. The number of aliphatic hydroxyl groups is 1. The second kappa shape index (κ2) is 13.0. The molecule has 194 valence electrons. The Bertz CT molecular complexity index is 1330. The Morgan fingerprint density at radius 2 is 1.34 bits per heavy atom. The number of anilines is 1. The van der Waals surface area contributed by atoms with Crippen molar-refractivity contribution in [1.29, 1.82) is 0 Å². The van der Waals surface area contributed by atoms with Gasteiger partial charge in [-0.15, -0.1) is 0 Å². The van der Waals surface area contributed by atoms with Gasteiger partial charge >= 0.3 is 0 Å². The number of rotatable bonds is 11. The van der Waals surface area contributed by atoms with Crippen LogP contribution < -0.4 is 15.4 Å². The van der Waals surface area contributed by atoms with E-state index in [9.17, 15) is 19.8 Å². The van der Waals surface area contributed by atoms with Crippen LogP contribution in [-0.4, -0.2) is 34.7 Å². The lowest BCUT2D eigenvalue weighted by molar-refractivity contribution is -0.134. The number of hydrogen-bond donors (Lipinski definition) is 4. The van der Waals surface area contributed by atoms with E-state index in [2.05, 4.69) is 10.6 Å². The molecule has 0 heterocycles. The maximum absolute atomic E-state index is 13.1. The first-order chi connectivity index (χ1) is 18.5. The zero-order valence-corrected chi connectivity index (χ0v) is 20.5. The van der Waals surface area contributed by atoms with Crippen LogP contribution in [0, 0.1) is 0 Å². The summed E-state index contributed by atoms with van der Waals surface area (Å²) in [6.07, 6.45) is -1.67. The predicted octanol–water partition coefficient (Wildman–Crippen LogP) is 4.56. The minimum absolute atomic E-state index is 0.0309. The van der Waals surface area contributed by atoms with E-state index in [1.807, 2.05) is 60.7 Å². The second-order valence-electron chi connectivity index (χ2n) is 8.45. The first-order valence-electron chi connectivity index (χ1n) is 12.0. The summed E-state index contributed by atoms with van der Waals surface area (Å²) in [6.45, 7) is 0.0865. The van der Waals surface area contributed by atoms with Gasteiger partial charge in [0.25, 0.3) is 5.91 Å². The normalized spacial score (nSPS) is 12.2. The highest BCUT2D eigenvalue weighted by atomic mass is 16.5. The average molecular weight is 513 g/mol. The van der Waals surface area contributed by atoms with E-state index in [1.165, 1.54) is 12.1 Å². The summed E-state index contributed by atoms with van der Waals surface area (Å²) in [5.74, 6) is -0.329. The van der Waals surface area contributed by atoms with Crippen LogP contribution in [0.5, 0.6) is 17.2 Å². The predicted molar refractivity (Wildman–Crippen MR) is 143 cm³/mol.